The van der Waals surface area contributed by atoms with Crippen LogP contribution in [0.25, 0.3) is 0 Å². The summed E-state index contributed by atoms with van der Waals surface area (Å²) in [5.41, 5.74) is 0. The van der Waals surface area contributed by atoms with Crippen LogP contribution in [0.3, 0.4) is 0 Å². The van der Waals surface area contributed by atoms with Crippen molar-refractivity contribution in [3.8, 4) is 0 Å². The lowest BCUT2D eigenvalue weighted by atomic mass is 9.97. The van der Waals surface area contributed by atoms with E-state index in [4.69, 9.17) is 14.6 Å². The van der Waals surface area contributed by atoms with Crippen LogP contribution in [0.4, 0.5) is 4.79 Å². The fraction of sp³-hybridized carbons (Fsp3) is 0.889. The van der Waals surface area contributed by atoms with Gasteiger partial charge in [-0.25, -0.2) is 4.79 Å². The van der Waals surface area contributed by atoms with Crippen LogP contribution in [0.2, 0.25) is 0 Å². The van der Waals surface area contributed by atoms with E-state index in [9.17, 15) is 4.79 Å². The number of rotatable bonds is 2. The molecule has 5 nitrogen and oxygen atoms in total. The Morgan fingerprint density at radius 2 is 2.07 bits per heavy atom. The van der Waals surface area contributed by atoms with Crippen LogP contribution in [-0.4, -0.2) is 48.7 Å². The van der Waals surface area contributed by atoms with E-state index >= 15 is 0 Å². The molecule has 1 heterocycles. The van der Waals surface area contributed by atoms with Crippen LogP contribution in [-0.2, 0) is 9.47 Å². The first-order valence-electron chi connectivity index (χ1n) is 4.64. The number of amides is 1. The number of ether oxygens (including phenoxy) is 2. The van der Waals surface area contributed by atoms with Gasteiger partial charge in [-0.15, -0.1) is 0 Å². The smallest absolute Gasteiger partial charge is 0.407 e. The van der Waals surface area contributed by atoms with Gasteiger partial charge in [-0.1, -0.05) is 0 Å². The molecule has 82 valence electrons. The maximum absolute atomic E-state index is 10.8. The van der Waals surface area contributed by atoms with Gasteiger partial charge in [0.25, 0.3) is 0 Å². The number of hydrogen-bond donors (Lipinski definition) is 1. The van der Waals surface area contributed by atoms with Gasteiger partial charge in [0.15, 0.2) is 5.79 Å². The van der Waals surface area contributed by atoms with Gasteiger partial charge in [0, 0.05) is 39.6 Å². The molecule has 1 N–H and O–H groups in total. The molecule has 0 saturated carbocycles. The fourth-order valence-corrected chi connectivity index (χ4v) is 1.91. The zero-order chi connectivity index (χ0) is 10.8. The quantitative estimate of drug-likeness (QED) is 0.684. The van der Waals surface area contributed by atoms with Crippen molar-refractivity contribution in [1.82, 2.24) is 4.90 Å². The standard InChI is InChI=1S/C9H17NO4/c1-7-6-9(13-2,14-3)4-5-10(7)8(11)12/h7H,4-6H2,1-3H3,(H,11,12). The Labute approximate surface area is 83.6 Å². The monoisotopic (exact) mass is 203 g/mol. The number of methoxy groups -OCH3 is 2. The van der Waals surface area contributed by atoms with Crippen LogP contribution >= 0.6 is 0 Å². The van der Waals surface area contributed by atoms with E-state index in [0.717, 1.165) is 0 Å². The highest BCUT2D eigenvalue weighted by Gasteiger charge is 2.40. The molecule has 1 atom stereocenters. The Balaban J connectivity index is 2.66. The summed E-state index contributed by atoms with van der Waals surface area (Å²) in [7, 11) is 3.18. The zero-order valence-corrected chi connectivity index (χ0v) is 8.82. The van der Waals surface area contributed by atoms with Gasteiger partial charge in [0.1, 0.15) is 0 Å². The van der Waals surface area contributed by atoms with Gasteiger partial charge in [0.05, 0.1) is 0 Å². The molecular weight excluding hydrogens is 186 g/mol. The van der Waals surface area contributed by atoms with Crippen molar-refractivity contribution in [2.75, 3.05) is 20.8 Å². The maximum Gasteiger partial charge on any atom is 0.407 e. The third-order valence-corrected chi connectivity index (χ3v) is 2.86. The fourth-order valence-electron chi connectivity index (χ4n) is 1.91. The summed E-state index contributed by atoms with van der Waals surface area (Å²) in [6.07, 6.45) is 0.279. The molecule has 14 heavy (non-hydrogen) atoms. The molecule has 5 heteroatoms. The lowest BCUT2D eigenvalue weighted by molar-refractivity contribution is -0.234. The second kappa shape index (κ2) is 4.14. The van der Waals surface area contributed by atoms with E-state index < -0.39 is 11.9 Å². The van der Waals surface area contributed by atoms with E-state index in [1.54, 1.807) is 14.2 Å². The Morgan fingerprint density at radius 3 is 2.43 bits per heavy atom. The minimum absolute atomic E-state index is 0.0684. The Morgan fingerprint density at radius 1 is 1.50 bits per heavy atom. The Hall–Kier alpha value is -0.810. The number of hydrogen-bond acceptors (Lipinski definition) is 3. The van der Waals surface area contributed by atoms with Crippen molar-refractivity contribution in [3.05, 3.63) is 0 Å². The average Bonchev–Trinajstić information content (AvgIpc) is 2.17. The van der Waals surface area contributed by atoms with E-state index in [2.05, 4.69) is 0 Å². The van der Waals surface area contributed by atoms with E-state index in [-0.39, 0.29) is 6.04 Å². The van der Waals surface area contributed by atoms with Crippen LogP contribution in [0.1, 0.15) is 19.8 Å². The predicted molar refractivity (Wildman–Crippen MR) is 50.2 cm³/mol. The highest BCUT2D eigenvalue weighted by Crippen LogP contribution is 2.30. The molecule has 0 aliphatic carbocycles. The highest BCUT2D eigenvalue weighted by atomic mass is 16.7. The van der Waals surface area contributed by atoms with Crippen molar-refractivity contribution in [2.45, 2.75) is 31.6 Å². The molecule has 1 rings (SSSR count). The van der Waals surface area contributed by atoms with Crippen molar-refractivity contribution < 1.29 is 19.4 Å². The molecule has 1 aliphatic heterocycles. The predicted octanol–water partition coefficient (Wildman–Crippen LogP) is 1.14. The van der Waals surface area contributed by atoms with Crippen LogP contribution in [0.5, 0.6) is 0 Å². The third kappa shape index (κ3) is 1.99. The third-order valence-electron chi connectivity index (χ3n) is 2.86. The van der Waals surface area contributed by atoms with E-state index in [1.807, 2.05) is 6.92 Å². The van der Waals surface area contributed by atoms with Crippen LogP contribution in [0.15, 0.2) is 0 Å². The van der Waals surface area contributed by atoms with E-state index in [0.29, 0.717) is 19.4 Å². The van der Waals surface area contributed by atoms with Gasteiger partial charge in [0.2, 0.25) is 0 Å². The maximum atomic E-state index is 10.8. The van der Waals surface area contributed by atoms with Crippen molar-refractivity contribution in [3.63, 3.8) is 0 Å². The average molecular weight is 203 g/mol. The lowest BCUT2D eigenvalue weighted by Crippen LogP contribution is -2.52. The first-order valence-corrected chi connectivity index (χ1v) is 4.64. The van der Waals surface area contributed by atoms with Gasteiger partial charge in [-0.2, -0.15) is 0 Å². The summed E-state index contributed by atoms with van der Waals surface area (Å²) in [6, 6.07) is -0.0684. The molecular formula is C9H17NO4. The summed E-state index contributed by atoms with van der Waals surface area (Å²) < 4.78 is 10.6. The SMILES string of the molecule is COC1(OC)CCN(C(=O)O)C(C)C1. The molecule has 0 aromatic rings. The molecule has 0 spiro atoms. The first-order chi connectivity index (χ1) is 6.54. The highest BCUT2D eigenvalue weighted by molar-refractivity contribution is 5.65. The topological polar surface area (TPSA) is 59.0 Å². The lowest BCUT2D eigenvalue weighted by Gasteiger charge is -2.42. The molecule has 1 saturated heterocycles. The zero-order valence-electron chi connectivity index (χ0n) is 8.82. The van der Waals surface area contributed by atoms with Crippen molar-refractivity contribution in [2.24, 2.45) is 0 Å². The van der Waals surface area contributed by atoms with Gasteiger partial charge in [-0.3, -0.25) is 0 Å². The number of carbonyl (C=O) groups is 1. The minimum atomic E-state index is -0.877. The molecule has 0 radical (unpaired) electrons. The Kier molecular flexibility index (Phi) is 3.34. The molecule has 0 aromatic heterocycles. The molecule has 1 aliphatic rings. The second-order valence-electron chi connectivity index (χ2n) is 3.60. The number of nitrogens with zero attached hydrogens (tertiary/aromatic N) is 1. The largest absolute Gasteiger partial charge is 0.465 e. The normalized spacial score (nSPS) is 26.2. The molecule has 1 unspecified atom stereocenters. The van der Waals surface area contributed by atoms with Gasteiger partial charge < -0.3 is 19.5 Å². The van der Waals surface area contributed by atoms with Gasteiger partial charge >= 0.3 is 6.09 Å². The number of piperidine rings is 1. The summed E-state index contributed by atoms with van der Waals surface area (Å²) in [5, 5.41) is 8.87. The number of carboxylic acid groups (broad SMARTS) is 1. The summed E-state index contributed by atoms with van der Waals surface area (Å²) in [5.74, 6) is -0.606. The molecule has 0 bridgehead atoms. The van der Waals surface area contributed by atoms with E-state index in [1.165, 1.54) is 4.90 Å². The summed E-state index contributed by atoms with van der Waals surface area (Å²) in [6.45, 7) is 2.32. The summed E-state index contributed by atoms with van der Waals surface area (Å²) in [4.78, 5) is 12.2. The minimum Gasteiger partial charge on any atom is -0.465 e. The Bertz CT molecular complexity index is 215. The summed E-state index contributed by atoms with van der Waals surface area (Å²) >= 11 is 0. The van der Waals surface area contributed by atoms with Crippen LogP contribution in [0, 0.1) is 0 Å². The molecule has 1 fully saturated rings. The first kappa shape index (κ1) is 11.3. The van der Waals surface area contributed by atoms with Gasteiger partial charge in [-0.05, 0) is 6.92 Å². The van der Waals surface area contributed by atoms with Crippen LogP contribution < -0.4 is 0 Å². The van der Waals surface area contributed by atoms with Crippen molar-refractivity contribution >= 4 is 6.09 Å². The molecule has 1 amide bonds. The number of likely N-dealkylation sites (tertiary alicyclic amines) is 1. The van der Waals surface area contributed by atoms with Crippen molar-refractivity contribution in [1.29, 1.82) is 0 Å². The molecule has 0 aromatic carbocycles. The second-order valence-corrected chi connectivity index (χ2v) is 3.60.